The SMILES string of the molecule is Fc1cc(F)cc(-c2ccc3nnc(CNc4ccnc5cc(OCCN6CCC(F)(F)C6)cnc45)n3n2)c1. The van der Waals surface area contributed by atoms with Crippen LogP contribution in [0.15, 0.2) is 54.9 Å². The standard InChI is InChI=1S/C26H22F4N8O/c27-17-9-16(10-18(28)11-17)20-1-2-23-34-35-24(38(23)36-20)14-32-21-3-5-31-22-12-19(13-33-25(21)22)39-8-7-37-6-4-26(29,30)15-37/h1-3,5,9-13H,4,6-8,14-15H2,(H,31,32). The number of likely N-dealkylation sites (tertiary alicyclic amines) is 1. The second-order valence-electron chi connectivity index (χ2n) is 9.24. The summed E-state index contributed by atoms with van der Waals surface area (Å²) < 4.78 is 61.4. The van der Waals surface area contributed by atoms with Crippen LogP contribution in [0.25, 0.3) is 27.9 Å². The van der Waals surface area contributed by atoms with Crippen molar-refractivity contribution in [1.29, 1.82) is 0 Å². The summed E-state index contributed by atoms with van der Waals surface area (Å²) >= 11 is 0. The van der Waals surface area contributed by atoms with Crippen molar-refractivity contribution in [2.75, 3.05) is 31.6 Å². The molecule has 4 aromatic heterocycles. The quantitative estimate of drug-likeness (QED) is 0.292. The summed E-state index contributed by atoms with van der Waals surface area (Å²) in [6.45, 7) is 1.00. The minimum atomic E-state index is -2.63. The summed E-state index contributed by atoms with van der Waals surface area (Å²) in [5, 5.41) is 16.0. The van der Waals surface area contributed by atoms with E-state index in [1.165, 1.54) is 16.6 Å². The molecule has 0 spiro atoms. The molecule has 1 saturated heterocycles. The van der Waals surface area contributed by atoms with E-state index in [1.54, 1.807) is 41.6 Å². The van der Waals surface area contributed by atoms with Crippen LogP contribution in [0.1, 0.15) is 12.2 Å². The molecular formula is C26H22F4N8O. The van der Waals surface area contributed by atoms with Gasteiger partial charge in [-0.3, -0.25) is 9.88 Å². The zero-order valence-electron chi connectivity index (χ0n) is 20.5. The van der Waals surface area contributed by atoms with Crippen LogP contribution in [0.4, 0.5) is 23.2 Å². The predicted molar refractivity (Wildman–Crippen MR) is 134 cm³/mol. The van der Waals surface area contributed by atoms with Gasteiger partial charge < -0.3 is 10.1 Å². The second kappa shape index (κ2) is 10.1. The molecule has 0 unspecified atom stereocenters. The molecular weight excluding hydrogens is 516 g/mol. The van der Waals surface area contributed by atoms with E-state index >= 15 is 0 Å². The maximum atomic E-state index is 13.7. The highest BCUT2D eigenvalue weighted by atomic mass is 19.3. The predicted octanol–water partition coefficient (Wildman–Crippen LogP) is 4.34. The van der Waals surface area contributed by atoms with E-state index in [4.69, 9.17) is 4.74 Å². The molecule has 0 amide bonds. The van der Waals surface area contributed by atoms with E-state index in [2.05, 4.69) is 30.6 Å². The van der Waals surface area contributed by atoms with Crippen molar-refractivity contribution < 1.29 is 22.3 Å². The number of nitrogens with zero attached hydrogens (tertiary/aromatic N) is 7. The van der Waals surface area contributed by atoms with Crippen LogP contribution >= 0.6 is 0 Å². The van der Waals surface area contributed by atoms with Crippen molar-refractivity contribution in [1.82, 2.24) is 34.7 Å². The Bertz CT molecular complexity index is 1640. The number of pyridine rings is 2. The average molecular weight is 539 g/mol. The molecule has 1 aliphatic rings. The fourth-order valence-electron chi connectivity index (χ4n) is 4.50. The van der Waals surface area contributed by atoms with Gasteiger partial charge in [0, 0.05) is 43.4 Å². The van der Waals surface area contributed by atoms with Crippen LogP contribution in [0.3, 0.4) is 0 Å². The number of benzene rings is 1. The van der Waals surface area contributed by atoms with Gasteiger partial charge in [0.25, 0.3) is 5.92 Å². The van der Waals surface area contributed by atoms with Gasteiger partial charge in [-0.25, -0.2) is 22.5 Å². The Balaban J connectivity index is 1.15. The third-order valence-electron chi connectivity index (χ3n) is 6.40. The molecule has 5 heterocycles. The highest BCUT2D eigenvalue weighted by Crippen LogP contribution is 2.27. The highest BCUT2D eigenvalue weighted by Gasteiger charge is 2.37. The fourth-order valence-corrected chi connectivity index (χ4v) is 4.50. The van der Waals surface area contributed by atoms with Crippen LogP contribution in [-0.2, 0) is 6.54 Å². The molecule has 39 heavy (non-hydrogen) atoms. The van der Waals surface area contributed by atoms with Gasteiger partial charge in [-0.1, -0.05) is 0 Å². The van der Waals surface area contributed by atoms with Gasteiger partial charge in [0.15, 0.2) is 11.5 Å². The second-order valence-corrected chi connectivity index (χ2v) is 9.24. The van der Waals surface area contributed by atoms with E-state index in [0.717, 1.165) is 6.07 Å². The lowest BCUT2D eigenvalue weighted by atomic mass is 10.1. The topological polar surface area (TPSA) is 93.4 Å². The zero-order chi connectivity index (χ0) is 27.0. The molecule has 0 atom stereocenters. The summed E-state index contributed by atoms with van der Waals surface area (Å²) in [5.41, 5.74) is 3.01. The summed E-state index contributed by atoms with van der Waals surface area (Å²) in [5.74, 6) is -3.05. The van der Waals surface area contributed by atoms with Crippen LogP contribution < -0.4 is 10.1 Å². The summed E-state index contributed by atoms with van der Waals surface area (Å²) in [4.78, 5) is 10.5. The van der Waals surface area contributed by atoms with Gasteiger partial charge in [-0.15, -0.1) is 10.2 Å². The number of halogens is 4. The van der Waals surface area contributed by atoms with E-state index in [9.17, 15) is 17.6 Å². The molecule has 0 radical (unpaired) electrons. The van der Waals surface area contributed by atoms with Crippen LogP contribution in [0.2, 0.25) is 0 Å². The van der Waals surface area contributed by atoms with E-state index in [1.807, 2.05) is 0 Å². The Morgan fingerprint density at radius 1 is 1.00 bits per heavy atom. The summed E-state index contributed by atoms with van der Waals surface area (Å²) in [6.07, 6.45) is 3.06. The number of nitrogens with one attached hydrogen (secondary N) is 1. The van der Waals surface area contributed by atoms with Crippen LogP contribution in [0.5, 0.6) is 5.75 Å². The lowest BCUT2D eigenvalue weighted by molar-refractivity contribution is 0.0113. The Kier molecular flexibility index (Phi) is 6.43. The molecule has 0 saturated carbocycles. The minimum Gasteiger partial charge on any atom is -0.491 e. The maximum absolute atomic E-state index is 13.7. The van der Waals surface area contributed by atoms with Gasteiger partial charge in [-0.05, 0) is 30.3 Å². The van der Waals surface area contributed by atoms with Crippen molar-refractivity contribution in [3.63, 3.8) is 0 Å². The van der Waals surface area contributed by atoms with E-state index < -0.39 is 17.6 Å². The molecule has 1 N–H and O–H groups in total. The number of ether oxygens (including phenoxy) is 1. The monoisotopic (exact) mass is 538 g/mol. The lowest BCUT2D eigenvalue weighted by Gasteiger charge is -2.16. The third kappa shape index (κ3) is 5.43. The van der Waals surface area contributed by atoms with Crippen molar-refractivity contribution in [2.45, 2.75) is 18.9 Å². The third-order valence-corrected chi connectivity index (χ3v) is 6.40. The lowest BCUT2D eigenvalue weighted by Crippen LogP contribution is -2.29. The summed E-state index contributed by atoms with van der Waals surface area (Å²) in [6, 6.07) is 10.0. The number of hydrogen-bond donors (Lipinski definition) is 1. The first-order valence-corrected chi connectivity index (χ1v) is 12.2. The van der Waals surface area contributed by atoms with Gasteiger partial charge in [0.05, 0.1) is 36.2 Å². The first kappa shape index (κ1) is 24.9. The molecule has 1 aliphatic heterocycles. The largest absolute Gasteiger partial charge is 0.491 e. The van der Waals surface area contributed by atoms with Gasteiger partial charge in [0.1, 0.15) is 29.5 Å². The smallest absolute Gasteiger partial charge is 0.261 e. The first-order chi connectivity index (χ1) is 18.8. The zero-order valence-corrected chi connectivity index (χ0v) is 20.5. The number of alkyl halides is 2. The number of anilines is 1. The highest BCUT2D eigenvalue weighted by molar-refractivity contribution is 5.87. The maximum Gasteiger partial charge on any atom is 0.261 e. The Hall–Kier alpha value is -4.39. The molecule has 0 aliphatic carbocycles. The first-order valence-electron chi connectivity index (χ1n) is 12.2. The van der Waals surface area contributed by atoms with Gasteiger partial charge in [-0.2, -0.15) is 9.61 Å². The Morgan fingerprint density at radius 3 is 2.64 bits per heavy atom. The molecule has 1 fully saturated rings. The van der Waals surface area contributed by atoms with Crippen molar-refractivity contribution in [2.24, 2.45) is 0 Å². The van der Waals surface area contributed by atoms with Gasteiger partial charge >= 0.3 is 0 Å². The molecule has 5 aromatic rings. The number of fused-ring (bicyclic) bond motifs is 2. The van der Waals surface area contributed by atoms with Crippen LogP contribution in [0, 0.1) is 11.6 Å². The van der Waals surface area contributed by atoms with Crippen molar-refractivity contribution >= 4 is 22.4 Å². The molecule has 9 nitrogen and oxygen atoms in total. The molecule has 200 valence electrons. The van der Waals surface area contributed by atoms with E-state index in [-0.39, 0.29) is 26.1 Å². The number of rotatable bonds is 8. The number of aromatic nitrogens is 6. The van der Waals surface area contributed by atoms with Crippen molar-refractivity contribution in [3.05, 3.63) is 72.3 Å². The summed E-state index contributed by atoms with van der Waals surface area (Å²) in [7, 11) is 0. The van der Waals surface area contributed by atoms with Crippen LogP contribution in [-0.4, -0.2) is 66.8 Å². The molecule has 1 aromatic carbocycles. The fraction of sp³-hybridized carbons (Fsp3) is 0.269. The molecule has 6 rings (SSSR count). The van der Waals surface area contributed by atoms with Crippen molar-refractivity contribution in [3.8, 4) is 17.0 Å². The normalized spacial score (nSPS) is 15.3. The Morgan fingerprint density at radius 2 is 1.85 bits per heavy atom. The average Bonchev–Trinajstić information content (AvgIpc) is 3.48. The Labute approximate surface area is 219 Å². The number of hydrogen-bond acceptors (Lipinski definition) is 8. The van der Waals surface area contributed by atoms with E-state index in [0.29, 0.717) is 58.3 Å². The molecule has 13 heteroatoms. The van der Waals surface area contributed by atoms with Gasteiger partial charge in [0.2, 0.25) is 0 Å². The molecule has 0 bridgehead atoms. The minimum absolute atomic E-state index is 0.126.